The van der Waals surface area contributed by atoms with Gasteiger partial charge in [0.25, 0.3) is 5.91 Å². The molecule has 1 heterocycles. The number of carbonyl (C=O) groups is 2. The Morgan fingerprint density at radius 2 is 1.69 bits per heavy atom. The maximum absolute atomic E-state index is 13.2. The van der Waals surface area contributed by atoms with Gasteiger partial charge in [0.15, 0.2) is 0 Å². The SMILES string of the molecule is Cc1ccc(C2C(=O)N(C(C)C)CC(=O)N2Cc2cccc(C)c2)cc1. The molecule has 1 fully saturated rings. The maximum atomic E-state index is 13.2. The highest BCUT2D eigenvalue weighted by molar-refractivity contribution is 5.95. The van der Waals surface area contributed by atoms with E-state index < -0.39 is 6.04 Å². The molecule has 1 aliphatic heterocycles. The van der Waals surface area contributed by atoms with Crippen molar-refractivity contribution in [3.8, 4) is 0 Å². The Morgan fingerprint density at radius 3 is 2.31 bits per heavy atom. The van der Waals surface area contributed by atoms with Crippen LogP contribution in [0.5, 0.6) is 0 Å². The van der Waals surface area contributed by atoms with Crippen LogP contribution in [0, 0.1) is 13.8 Å². The number of amides is 2. The highest BCUT2D eigenvalue weighted by atomic mass is 16.2. The lowest BCUT2D eigenvalue weighted by Crippen LogP contribution is -2.56. The normalized spacial score (nSPS) is 18.0. The molecule has 2 aromatic carbocycles. The van der Waals surface area contributed by atoms with Gasteiger partial charge in [-0.2, -0.15) is 0 Å². The maximum Gasteiger partial charge on any atom is 0.250 e. The predicted octanol–water partition coefficient (Wildman–Crippen LogP) is 3.62. The standard InChI is InChI=1S/C22H26N2O2/c1-15(2)23-14-20(25)24(13-18-7-5-6-17(4)12-18)21(22(23)26)19-10-8-16(3)9-11-19/h5-12,15,21H,13-14H2,1-4H3. The van der Waals surface area contributed by atoms with Crippen molar-refractivity contribution in [2.24, 2.45) is 0 Å². The second-order valence-electron chi connectivity index (χ2n) is 7.38. The van der Waals surface area contributed by atoms with Crippen molar-refractivity contribution in [1.29, 1.82) is 0 Å². The molecule has 0 aliphatic carbocycles. The van der Waals surface area contributed by atoms with E-state index in [9.17, 15) is 9.59 Å². The van der Waals surface area contributed by atoms with Crippen LogP contribution < -0.4 is 0 Å². The van der Waals surface area contributed by atoms with E-state index in [1.807, 2.05) is 70.2 Å². The first-order chi connectivity index (χ1) is 12.4. The third-order valence-electron chi connectivity index (χ3n) is 4.91. The zero-order chi connectivity index (χ0) is 18.8. The van der Waals surface area contributed by atoms with Crippen LogP contribution in [-0.4, -0.2) is 34.2 Å². The third-order valence-corrected chi connectivity index (χ3v) is 4.91. The lowest BCUT2D eigenvalue weighted by Gasteiger charge is -2.42. The molecule has 4 nitrogen and oxygen atoms in total. The van der Waals surface area contributed by atoms with Crippen LogP contribution in [0.25, 0.3) is 0 Å². The van der Waals surface area contributed by atoms with Gasteiger partial charge in [-0.05, 0) is 38.8 Å². The van der Waals surface area contributed by atoms with E-state index in [2.05, 4.69) is 6.07 Å². The number of rotatable bonds is 4. The highest BCUT2D eigenvalue weighted by Crippen LogP contribution is 2.30. The molecule has 0 bridgehead atoms. The van der Waals surface area contributed by atoms with Gasteiger partial charge in [0, 0.05) is 12.6 Å². The van der Waals surface area contributed by atoms with Crippen LogP contribution in [0.2, 0.25) is 0 Å². The van der Waals surface area contributed by atoms with Gasteiger partial charge >= 0.3 is 0 Å². The number of nitrogens with zero attached hydrogens (tertiary/aromatic N) is 2. The second-order valence-corrected chi connectivity index (χ2v) is 7.38. The Labute approximate surface area is 155 Å². The van der Waals surface area contributed by atoms with Crippen LogP contribution in [0.1, 0.15) is 42.1 Å². The van der Waals surface area contributed by atoms with Gasteiger partial charge < -0.3 is 9.80 Å². The zero-order valence-corrected chi connectivity index (χ0v) is 15.9. The largest absolute Gasteiger partial charge is 0.329 e. The molecule has 0 N–H and O–H groups in total. The van der Waals surface area contributed by atoms with Crippen molar-refractivity contribution in [1.82, 2.24) is 9.80 Å². The van der Waals surface area contributed by atoms with Gasteiger partial charge in [0.1, 0.15) is 12.6 Å². The number of carbonyl (C=O) groups excluding carboxylic acids is 2. The molecule has 0 aromatic heterocycles. The summed E-state index contributed by atoms with van der Waals surface area (Å²) in [5.74, 6) is -0.0125. The summed E-state index contributed by atoms with van der Waals surface area (Å²) < 4.78 is 0. The van der Waals surface area contributed by atoms with Gasteiger partial charge in [-0.25, -0.2) is 0 Å². The summed E-state index contributed by atoms with van der Waals surface area (Å²) in [4.78, 5) is 29.5. The molecule has 3 rings (SSSR count). The summed E-state index contributed by atoms with van der Waals surface area (Å²) in [7, 11) is 0. The fraction of sp³-hybridized carbons (Fsp3) is 0.364. The summed E-state index contributed by atoms with van der Waals surface area (Å²) in [6, 6.07) is 15.4. The molecule has 1 aliphatic rings. The van der Waals surface area contributed by atoms with Gasteiger partial charge in [-0.3, -0.25) is 9.59 Å². The van der Waals surface area contributed by atoms with Gasteiger partial charge in [0.2, 0.25) is 5.91 Å². The minimum atomic E-state index is -0.570. The van der Waals surface area contributed by atoms with Crippen molar-refractivity contribution in [3.63, 3.8) is 0 Å². The van der Waals surface area contributed by atoms with Crippen molar-refractivity contribution in [2.75, 3.05) is 6.54 Å². The molecule has 1 saturated heterocycles. The molecular weight excluding hydrogens is 324 g/mol. The number of hydrogen-bond donors (Lipinski definition) is 0. The van der Waals surface area contributed by atoms with Crippen LogP contribution in [-0.2, 0) is 16.1 Å². The summed E-state index contributed by atoms with van der Waals surface area (Å²) in [6.45, 7) is 8.54. The highest BCUT2D eigenvalue weighted by Gasteiger charge is 2.41. The number of aryl methyl sites for hydroxylation is 2. The average Bonchev–Trinajstić information content (AvgIpc) is 2.59. The van der Waals surface area contributed by atoms with Gasteiger partial charge in [0.05, 0.1) is 0 Å². The summed E-state index contributed by atoms with van der Waals surface area (Å²) in [5, 5.41) is 0. The smallest absolute Gasteiger partial charge is 0.250 e. The van der Waals surface area contributed by atoms with Gasteiger partial charge in [-0.1, -0.05) is 59.7 Å². The molecule has 0 radical (unpaired) electrons. The van der Waals surface area contributed by atoms with Crippen molar-refractivity contribution >= 4 is 11.8 Å². The van der Waals surface area contributed by atoms with E-state index in [4.69, 9.17) is 0 Å². The Morgan fingerprint density at radius 1 is 1.00 bits per heavy atom. The minimum absolute atomic E-state index is 0.000480. The van der Waals surface area contributed by atoms with Crippen LogP contribution in [0.4, 0.5) is 0 Å². The predicted molar refractivity (Wildman–Crippen MR) is 102 cm³/mol. The Balaban J connectivity index is 1.99. The fourth-order valence-corrected chi connectivity index (χ4v) is 3.44. The monoisotopic (exact) mass is 350 g/mol. The Kier molecular flexibility index (Phi) is 5.12. The third kappa shape index (κ3) is 3.64. The lowest BCUT2D eigenvalue weighted by atomic mass is 9.98. The number of hydrogen-bond acceptors (Lipinski definition) is 2. The Hall–Kier alpha value is -2.62. The first-order valence-corrected chi connectivity index (χ1v) is 9.09. The molecule has 26 heavy (non-hydrogen) atoms. The van der Waals surface area contributed by atoms with E-state index in [1.165, 1.54) is 0 Å². The van der Waals surface area contributed by atoms with Crippen molar-refractivity contribution < 1.29 is 9.59 Å². The molecule has 1 unspecified atom stereocenters. The molecule has 136 valence electrons. The first kappa shape index (κ1) is 18.2. The molecule has 2 aromatic rings. The molecular formula is C22H26N2O2. The molecule has 2 amide bonds. The van der Waals surface area contributed by atoms with E-state index in [0.29, 0.717) is 6.54 Å². The second kappa shape index (κ2) is 7.32. The quantitative estimate of drug-likeness (QED) is 0.845. The van der Waals surface area contributed by atoms with E-state index in [-0.39, 0.29) is 24.4 Å². The molecule has 4 heteroatoms. The first-order valence-electron chi connectivity index (χ1n) is 9.09. The van der Waals surface area contributed by atoms with Gasteiger partial charge in [-0.15, -0.1) is 0 Å². The zero-order valence-electron chi connectivity index (χ0n) is 15.9. The number of benzene rings is 2. The molecule has 0 spiro atoms. The van der Waals surface area contributed by atoms with E-state index in [1.54, 1.807) is 9.80 Å². The lowest BCUT2D eigenvalue weighted by molar-refractivity contribution is -0.158. The summed E-state index contributed by atoms with van der Waals surface area (Å²) in [6.07, 6.45) is 0. The number of piperazine rings is 1. The fourth-order valence-electron chi connectivity index (χ4n) is 3.44. The van der Waals surface area contributed by atoms with Crippen LogP contribution >= 0.6 is 0 Å². The van der Waals surface area contributed by atoms with E-state index >= 15 is 0 Å². The Bertz CT molecular complexity index is 811. The van der Waals surface area contributed by atoms with Crippen molar-refractivity contribution in [2.45, 2.75) is 46.3 Å². The van der Waals surface area contributed by atoms with E-state index in [0.717, 1.165) is 22.3 Å². The summed E-state index contributed by atoms with van der Waals surface area (Å²) >= 11 is 0. The van der Waals surface area contributed by atoms with Crippen molar-refractivity contribution in [3.05, 3.63) is 70.8 Å². The molecule has 0 saturated carbocycles. The summed E-state index contributed by atoms with van der Waals surface area (Å²) in [5.41, 5.74) is 4.19. The molecule has 1 atom stereocenters. The topological polar surface area (TPSA) is 40.6 Å². The van der Waals surface area contributed by atoms with Crippen LogP contribution in [0.3, 0.4) is 0 Å². The van der Waals surface area contributed by atoms with Crippen LogP contribution in [0.15, 0.2) is 48.5 Å². The average molecular weight is 350 g/mol. The minimum Gasteiger partial charge on any atom is -0.329 e.